The number of hydrogen-bond acceptors (Lipinski definition) is 2. The van der Waals surface area contributed by atoms with E-state index in [-0.39, 0.29) is 5.75 Å². The number of benzene rings is 4. The van der Waals surface area contributed by atoms with Gasteiger partial charge in [0, 0.05) is 11.1 Å². The molecule has 0 spiro atoms. The molecule has 1 N–H and O–H groups in total. The molecule has 0 aliphatic rings. The Balaban J connectivity index is 2.27. The molecule has 0 bridgehead atoms. The van der Waals surface area contributed by atoms with Crippen molar-refractivity contribution >= 4 is 53.4 Å². The molecule has 4 rings (SSSR count). The molecule has 0 saturated carbocycles. The van der Waals surface area contributed by atoms with Crippen LogP contribution in [0.25, 0.3) is 32.7 Å². The standard InChI is InChI=1S/C21H14Br2O2/c1-25-21-17(23)11-13-7-3-5-9-15(13)19(21)18-14-8-4-2-6-12(14)10-16(22)20(18)24/h2-11,24H,1H3. The molecule has 0 amide bonds. The maximum absolute atomic E-state index is 10.9. The molecule has 4 aromatic rings. The number of aromatic hydroxyl groups is 1. The van der Waals surface area contributed by atoms with Crippen molar-refractivity contribution in [2.75, 3.05) is 7.11 Å². The van der Waals surface area contributed by atoms with Gasteiger partial charge in [-0.05, 0) is 65.5 Å². The quantitative estimate of drug-likeness (QED) is 0.354. The maximum Gasteiger partial charge on any atom is 0.141 e. The average molecular weight is 458 g/mol. The molecule has 0 aliphatic heterocycles. The number of phenolic OH excluding ortho intramolecular Hbond substituents is 1. The normalized spacial score (nSPS) is 11.2. The SMILES string of the molecule is COc1c(Br)cc2ccccc2c1-c1c(O)c(Br)cc2ccccc12. The first-order valence-electron chi connectivity index (χ1n) is 7.77. The molecule has 0 saturated heterocycles. The molecular weight excluding hydrogens is 444 g/mol. The van der Waals surface area contributed by atoms with E-state index in [0.29, 0.717) is 10.2 Å². The van der Waals surface area contributed by atoms with E-state index in [1.165, 1.54) is 0 Å². The lowest BCUT2D eigenvalue weighted by molar-refractivity contribution is 0.414. The summed E-state index contributed by atoms with van der Waals surface area (Å²) in [6.45, 7) is 0. The first kappa shape index (κ1) is 16.4. The minimum absolute atomic E-state index is 0.209. The predicted molar refractivity (Wildman–Crippen MR) is 111 cm³/mol. The van der Waals surface area contributed by atoms with Crippen molar-refractivity contribution in [3.8, 4) is 22.6 Å². The molecular formula is C21H14Br2O2. The first-order valence-corrected chi connectivity index (χ1v) is 9.36. The summed E-state index contributed by atoms with van der Waals surface area (Å²) in [5.41, 5.74) is 1.64. The highest BCUT2D eigenvalue weighted by Crippen LogP contribution is 2.49. The Bertz CT molecular complexity index is 1120. The smallest absolute Gasteiger partial charge is 0.141 e. The minimum Gasteiger partial charge on any atom is -0.506 e. The van der Waals surface area contributed by atoms with Crippen LogP contribution in [-0.4, -0.2) is 12.2 Å². The van der Waals surface area contributed by atoms with E-state index in [2.05, 4.69) is 44.0 Å². The number of phenols is 1. The molecule has 0 radical (unpaired) electrons. The Morgan fingerprint density at radius 3 is 1.88 bits per heavy atom. The van der Waals surface area contributed by atoms with Gasteiger partial charge in [0.2, 0.25) is 0 Å². The van der Waals surface area contributed by atoms with Crippen molar-refractivity contribution in [3.63, 3.8) is 0 Å². The fraction of sp³-hybridized carbons (Fsp3) is 0.0476. The van der Waals surface area contributed by atoms with E-state index in [1.54, 1.807) is 7.11 Å². The number of methoxy groups -OCH3 is 1. The average Bonchev–Trinajstić information content (AvgIpc) is 2.62. The van der Waals surface area contributed by atoms with Crippen molar-refractivity contribution in [1.82, 2.24) is 0 Å². The van der Waals surface area contributed by atoms with Crippen molar-refractivity contribution in [3.05, 3.63) is 69.6 Å². The maximum atomic E-state index is 10.9. The van der Waals surface area contributed by atoms with Crippen molar-refractivity contribution in [2.45, 2.75) is 0 Å². The van der Waals surface area contributed by atoms with Crippen LogP contribution in [0, 0.1) is 0 Å². The molecule has 4 aromatic carbocycles. The fourth-order valence-electron chi connectivity index (χ4n) is 3.30. The summed E-state index contributed by atoms with van der Waals surface area (Å²) in [6, 6.07) is 20.1. The Morgan fingerprint density at radius 1 is 0.760 bits per heavy atom. The van der Waals surface area contributed by atoms with Gasteiger partial charge in [-0.2, -0.15) is 0 Å². The van der Waals surface area contributed by atoms with E-state index in [9.17, 15) is 5.11 Å². The molecule has 0 aromatic heterocycles. The van der Waals surface area contributed by atoms with Crippen LogP contribution in [0.15, 0.2) is 69.6 Å². The van der Waals surface area contributed by atoms with Crippen LogP contribution in [0.2, 0.25) is 0 Å². The summed E-state index contributed by atoms with van der Waals surface area (Å²) in [4.78, 5) is 0. The van der Waals surface area contributed by atoms with E-state index >= 15 is 0 Å². The first-order chi connectivity index (χ1) is 12.1. The fourth-order valence-corrected chi connectivity index (χ4v) is 4.35. The number of fused-ring (bicyclic) bond motifs is 2. The van der Waals surface area contributed by atoms with Crippen LogP contribution in [0.4, 0.5) is 0 Å². The largest absolute Gasteiger partial charge is 0.506 e. The van der Waals surface area contributed by atoms with E-state index in [1.807, 2.05) is 48.5 Å². The second-order valence-electron chi connectivity index (χ2n) is 5.79. The second kappa shape index (κ2) is 6.36. The summed E-state index contributed by atoms with van der Waals surface area (Å²) in [5, 5.41) is 15.0. The highest BCUT2D eigenvalue weighted by atomic mass is 79.9. The van der Waals surface area contributed by atoms with Crippen LogP contribution >= 0.6 is 31.9 Å². The Kier molecular flexibility index (Phi) is 4.18. The molecule has 2 nitrogen and oxygen atoms in total. The molecule has 25 heavy (non-hydrogen) atoms. The molecule has 4 heteroatoms. The van der Waals surface area contributed by atoms with Gasteiger partial charge in [-0.25, -0.2) is 0 Å². The third kappa shape index (κ3) is 2.60. The predicted octanol–water partition coefficient (Wildman–Crippen LogP) is 6.90. The van der Waals surface area contributed by atoms with Crippen molar-refractivity contribution in [1.29, 1.82) is 0 Å². The van der Waals surface area contributed by atoms with Crippen LogP contribution in [0.5, 0.6) is 11.5 Å². The Hall–Kier alpha value is -2.04. The lowest BCUT2D eigenvalue weighted by Gasteiger charge is -2.18. The Labute approximate surface area is 162 Å². The number of rotatable bonds is 2. The topological polar surface area (TPSA) is 29.5 Å². The lowest BCUT2D eigenvalue weighted by atomic mass is 9.92. The highest BCUT2D eigenvalue weighted by Gasteiger charge is 2.21. The summed E-state index contributed by atoms with van der Waals surface area (Å²) in [5.74, 6) is 0.914. The monoisotopic (exact) mass is 456 g/mol. The minimum atomic E-state index is 0.209. The van der Waals surface area contributed by atoms with Crippen LogP contribution < -0.4 is 4.74 Å². The van der Waals surface area contributed by atoms with Gasteiger partial charge in [0.05, 0.1) is 16.1 Å². The van der Waals surface area contributed by atoms with Gasteiger partial charge in [0.1, 0.15) is 11.5 Å². The van der Waals surface area contributed by atoms with Crippen molar-refractivity contribution in [2.24, 2.45) is 0 Å². The Morgan fingerprint density at radius 2 is 1.28 bits per heavy atom. The molecule has 0 aliphatic carbocycles. The van der Waals surface area contributed by atoms with Gasteiger partial charge in [-0.1, -0.05) is 48.5 Å². The number of ether oxygens (including phenoxy) is 1. The lowest BCUT2D eigenvalue weighted by Crippen LogP contribution is -1.93. The molecule has 124 valence electrons. The third-order valence-corrected chi connectivity index (χ3v) is 5.58. The van der Waals surface area contributed by atoms with Gasteiger partial charge < -0.3 is 9.84 Å². The third-order valence-electron chi connectivity index (χ3n) is 4.39. The number of halogens is 2. The molecule has 0 fully saturated rings. The zero-order valence-electron chi connectivity index (χ0n) is 13.4. The van der Waals surface area contributed by atoms with Gasteiger partial charge in [-0.15, -0.1) is 0 Å². The molecule has 0 unspecified atom stereocenters. The van der Waals surface area contributed by atoms with Crippen LogP contribution in [-0.2, 0) is 0 Å². The summed E-state index contributed by atoms with van der Waals surface area (Å²) in [6.07, 6.45) is 0. The zero-order chi connectivity index (χ0) is 17.6. The van der Waals surface area contributed by atoms with Gasteiger partial charge >= 0.3 is 0 Å². The van der Waals surface area contributed by atoms with Gasteiger partial charge in [0.25, 0.3) is 0 Å². The van der Waals surface area contributed by atoms with Crippen LogP contribution in [0.3, 0.4) is 0 Å². The van der Waals surface area contributed by atoms with E-state index in [0.717, 1.165) is 37.1 Å². The summed E-state index contributed by atoms with van der Waals surface area (Å²) in [7, 11) is 1.65. The second-order valence-corrected chi connectivity index (χ2v) is 7.50. The van der Waals surface area contributed by atoms with E-state index < -0.39 is 0 Å². The number of hydrogen-bond donors (Lipinski definition) is 1. The molecule has 0 atom stereocenters. The van der Waals surface area contributed by atoms with E-state index in [4.69, 9.17) is 4.74 Å². The summed E-state index contributed by atoms with van der Waals surface area (Å²) < 4.78 is 7.22. The molecule has 0 heterocycles. The zero-order valence-corrected chi connectivity index (χ0v) is 16.6. The van der Waals surface area contributed by atoms with Crippen molar-refractivity contribution < 1.29 is 9.84 Å². The summed E-state index contributed by atoms with van der Waals surface area (Å²) >= 11 is 7.11. The van der Waals surface area contributed by atoms with Gasteiger partial charge in [-0.3, -0.25) is 0 Å². The highest BCUT2D eigenvalue weighted by molar-refractivity contribution is 9.11. The van der Waals surface area contributed by atoms with Gasteiger partial charge in [0.15, 0.2) is 0 Å². The van der Waals surface area contributed by atoms with Crippen LogP contribution in [0.1, 0.15) is 0 Å².